The van der Waals surface area contributed by atoms with Gasteiger partial charge in [0, 0.05) is 19.8 Å². The Morgan fingerprint density at radius 2 is 1.92 bits per heavy atom. The van der Waals surface area contributed by atoms with Crippen LogP contribution in [0, 0.1) is 0 Å². The van der Waals surface area contributed by atoms with E-state index >= 15 is 0 Å². The number of ether oxygens (including phenoxy) is 2. The Balaban J connectivity index is 2.84. The van der Waals surface area contributed by atoms with Crippen molar-refractivity contribution < 1.29 is 9.47 Å². The van der Waals surface area contributed by atoms with E-state index in [0.29, 0.717) is 6.10 Å². The lowest BCUT2D eigenvalue weighted by Crippen LogP contribution is -2.23. The molecule has 0 aromatic carbocycles. The Hall–Kier alpha value is -0.120. The fourth-order valence-electron chi connectivity index (χ4n) is 0.935. The third kappa shape index (κ3) is 11.9. The summed E-state index contributed by atoms with van der Waals surface area (Å²) >= 11 is 0. The number of rotatable bonds is 9. The highest BCUT2D eigenvalue weighted by Gasteiger charge is 1.92. The van der Waals surface area contributed by atoms with Crippen molar-refractivity contribution in [3.8, 4) is 0 Å². The molecule has 0 saturated carbocycles. The van der Waals surface area contributed by atoms with Crippen LogP contribution in [-0.4, -0.2) is 39.0 Å². The summed E-state index contributed by atoms with van der Waals surface area (Å²) in [5, 5.41) is 3.29. The first-order chi connectivity index (χ1) is 6.27. The largest absolute Gasteiger partial charge is 0.382 e. The topological polar surface area (TPSA) is 30.5 Å². The van der Waals surface area contributed by atoms with Crippen molar-refractivity contribution in [3.63, 3.8) is 0 Å². The van der Waals surface area contributed by atoms with Gasteiger partial charge in [-0.05, 0) is 33.7 Å². The maximum absolute atomic E-state index is 5.38. The first-order valence-corrected chi connectivity index (χ1v) is 5.17. The SMILES string of the molecule is CCOCCCNCCOC(C)C. The normalized spacial score (nSPS) is 11.1. The summed E-state index contributed by atoms with van der Waals surface area (Å²) in [4.78, 5) is 0. The van der Waals surface area contributed by atoms with Crippen LogP contribution in [0.1, 0.15) is 27.2 Å². The van der Waals surface area contributed by atoms with Crippen molar-refractivity contribution >= 4 is 0 Å². The average Bonchev–Trinajstić information content (AvgIpc) is 2.09. The highest BCUT2D eigenvalue weighted by molar-refractivity contribution is 4.47. The van der Waals surface area contributed by atoms with Crippen LogP contribution in [0.2, 0.25) is 0 Å². The lowest BCUT2D eigenvalue weighted by molar-refractivity contribution is 0.0802. The van der Waals surface area contributed by atoms with Gasteiger partial charge >= 0.3 is 0 Å². The molecule has 80 valence electrons. The van der Waals surface area contributed by atoms with Gasteiger partial charge in [0.1, 0.15) is 0 Å². The van der Waals surface area contributed by atoms with Gasteiger partial charge in [-0.3, -0.25) is 0 Å². The van der Waals surface area contributed by atoms with Crippen molar-refractivity contribution in [2.75, 3.05) is 32.9 Å². The summed E-state index contributed by atoms with van der Waals surface area (Å²) in [7, 11) is 0. The van der Waals surface area contributed by atoms with Crippen molar-refractivity contribution in [3.05, 3.63) is 0 Å². The molecule has 0 amide bonds. The van der Waals surface area contributed by atoms with Gasteiger partial charge < -0.3 is 14.8 Å². The quantitative estimate of drug-likeness (QED) is 0.557. The van der Waals surface area contributed by atoms with Crippen LogP contribution in [0.3, 0.4) is 0 Å². The van der Waals surface area contributed by atoms with E-state index in [2.05, 4.69) is 19.2 Å². The summed E-state index contributed by atoms with van der Waals surface area (Å²) < 4.78 is 10.6. The van der Waals surface area contributed by atoms with E-state index in [4.69, 9.17) is 9.47 Å². The lowest BCUT2D eigenvalue weighted by Gasteiger charge is -2.08. The lowest BCUT2D eigenvalue weighted by atomic mass is 10.4. The van der Waals surface area contributed by atoms with Gasteiger partial charge in [0.25, 0.3) is 0 Å². The van der Waals surface area contributed by atoms with Crippen LogP contribution < -0.4 is 5.32 Å². The Labute approximate surface area is 81.8 Å². The molecule has 0 spiro atoms. The van der Waals surface area contributed by atoms with Crippen LogP contribution in [0.4, 0.5) is 0 Å². The zero-order valence-electron chi connectivity index (χ0n) is 9.14. The van der Waals surface area contributed by atoms with Gasteiger partial charge in [-0.1, -0.05) is 0 Å². The highest BCUT2D eigenvalue weighted by atomic mass is 16.5. The third-order valence-corrected chi connectivity index (χ3v) is 1.58. The van der Waals surface area contributed by atoms with Gasteiger partial charge in [-0.25, -0.2) is 0 Å². The zero-order chi connectivity index (χ0) is 9.94. The summed E-state index contributed by atoms with van der Waals surface area (Å²) in [6, 6.07) is 0. The van der Waals surface area contributed by atoms with E-state index < -0.39 is 0 Å². The van der Waals surface area contributed by atoms with Crippen molar-refractivity contribution in [1.29, 1.82) is 0 Å². The maximum atomic E-state index is 5.38. The fourth-order valence-corrected chi connectivity index (χ4v) is 0.935. The van der Waals surface area contributed by atoms with Crippen molar-refractivity contribution in [2.24, 2.45) is 0 Å². The van der Waals surface area contributed by atoms with Crippen molar-refractivity contribution in [2.45, 2.75) is 33.3 Å². The van der Waals surface area contributed by atoms with Crippen LogP contribution in [0.25, 0.3) is 0 Å². The third-order valence-electron chi connectivity index (χ3n) is 1.58. The minimum absolute atomic E-state index is 0.338. The van der Waals surface area contributed by atoms with Crippen molar-refractivity contribution in [1.82, 2.24) is 5.32 Å². The summed E-state index contributed by atoms with van der Waals surface area (Å²) in [6.45, 7) is 10.5. The van der Waals surface area contributed by atoms with Gasteiger partial charge in [-0.15, -0.1) is 0 Å². The molecule has 3 heteroatoms. The molecule has 0 saturated heterocycles. The Morgan fingerprint density at radius 1 is 1.15 bits per heavy atom. The molecular weight excluding hydrogens is 166 g/mol. The molecule has 0 aromatic rings. The predicted octanol–water partition coefficient (Wildman–Crippen LogP) is 1.43. The predicted molar refractivity (Wildman–Crippen MR) is 55.1 cm³/mol. The van der Waals surface area contributed by atoms with E-state index in [1.807, 2.05) is 6.92 Å². The summed E-state index contributed by atoms with van der Waals surface area (Å²) in [6.07, 6.45) is 1.42. The molecule has 0 aliphatic carbocycles. The molecule has 13 heavy (non-hydrogen) atoms. The second-order valence-electron chi connectivity index (χ2n) is 3.22. The zero-order valence-corrected chi connectivity index (χ0v) is 9.14. The Kier molecular flexibility index (Phi) is 9.87. The molecule has 0 aliphatic heterocycles. The number of hydrogen-bond donors (Lipinski definition) is 1. The molecule has 0 fully saturated rings. The van der Waals surface area contributed by atoms with Gasteiger partial charge in [0.15, 0.2) is 0 Å². The molecule has 1 N–H and O–H groups in total. The van der Waals surface area contributed by atoms with E-state index in [0.717, 1.165) is 39.3 Å². The molecule has 0 aromatic heterocycles. The van der Waals surface area contributed by atoms with Gasteiger partial charge in [0.2, 0.25) is 0 Å². The molecule has 0 rings (SSSR count). The summed E-state index contributed by atoms with van der Waals surface area (Å²) in [5.74, 6) is 0. The number of nitrogens with one attached hydrogen (secondary N) is 1. The minimum atomic E-state index is 0.338. The summed E-state index contributed by atoms with van der Waals surface area (Å²) in [5.41, 5.74) is 0. The first kappa shape index (κ1) is 12.9. The second-order valence-corrected chi connectivity index (χ2v) is 3.22. The molecule has 0 atom stereocenters. The standard InChI is InChI=1S/C10H23NO2/c1-4-12-8-5-6-11-7-9-13-10(2)3/h10-11H,4-9H2,1-3H3. The van der Waals surface area contributed by atoms with E-state index in [9.17, 15) is 0 Å². The minimum Gasteiger partial charge on any atom is -0.382 e. The monoisotopic (exact) mass is 189 g/mol. The highest BCUT2D eigenvalue weighted by Crippen LogP contribution is 1.85. The maximum Gasteiger partial charge on any atom is 0.0594 e. The average molecular weight is 189 g/mol. The van der Waals surface area contributed by atoms with Gasteiger partial charge in [0.05, 0.1) is 12.7 Å². The van der Waals surface area contributed by atoms with Gasteiger partial charge in [-0.2, -0.15) is 0 Å². The smallest absolute Gasteiger partial charge is 0.0594 e. The fraction of sp³-hybridized carbons (Fsp3) is 1.00. The molecule has 0 radical (unpaired) electrons. The van der Waals surface area contributed by atoms with E-state index in [1.165, 1.54) is 0 Å². The Bertz CT molecular complexity index is 96.9. The van der Waals surface area contributed by atoms with Crippen LogP contribution in [-0.2, 0) is 9.47 Å². The van der Waals surface area contributed by atoms with Crippen LogP contribution in [0.5, 0.6) is 0 Å². The van der Waals surface area contributed by atoms with E-state index in [1.54, 1.807) is 0 Å². The second kappa shape index (κ2) is 9.96. The first-order valence-electron chi connectivity index (χ1n) is 5.17. The molecule has 0 bridgehead atoms. The molecule has 0 unspecified atom stereocenters. The molecular formula is C10H23NO2. The van der Waals surface area contributed by atoms with Crippen LogP contribution >= 0.6 is 0 Å². The van der Waals surface area contributed by atoms with E-state index in [-0.39, 0.29) is 0 Å². The Morgan fingerprint density at radius 3 is 2.54 bits per heavy atom. The molecule has 0 aliphatic rings. The molecule has 0 heterocycles. The van der Waals surface area contributed by atoms with Crippen LogP contribution in [0.15, 0.2) is 0 Å². The molecule has 3 nitrogen and oxygen atoms in total. The number of hydrogen-bond acceptors (Lipinski definition) is 3.